The van der Waals surface area contributed by atoms with Crippen LogP contribution in [0, 0.1) is 0 Å². The first-order valence-corrected chi connectivity index (χ1v) is 14.8. The molecule has 0 aromatic heterocycles. The van der Waals surface area contributed by atoms with Gasteiger partial charge in [0.15, 0.2) is 0 Å². The third-order valence-electron chi connectivity index (χ3n) is 8.61. The molecule has 0 aromatic carbocycles. The van der Waals surface area contributed by atoms with Crippen LogP contribution < -0.4 is 0 Å². The Labute approximate surface area is 180 Å². The standard InChI is InChI=1S/C26H44O2Si/c1-27-29(28-2,23-17-10-5-11-18-23)25-20-12-19-24(21-13-6-3-7-14-21)26(25)22-15-8-4-9-16-22/h23,25H,3-20H2,1-2H3. The predicted octanol–water partition coefficient (Wildman–Crippen LogP) is 8.13. The number of hydrogen-bond acceptors (Lipinski definition) is 2. The summed E-state index contributed by atoms with van der Waals surface area (Å²) in [5.41, 5.74) is 8.51. The van der Waals surface area contributed by atoms with Gasteiger partial charge in [0, 0.05) is 25.3 Å². The molecule has 2 nitrogen and oxygen atoms in total. The third kappa shape index (κ3) is 4.48. The molecule has 0 amide bonds. The molecule has 4 aliphatic carbocycles. The molecule has 0 aromatic rings. The van der Waals surface area contributed by atoms with Crippen LogP contribution in [-0.2, 0) is 8.85 Å². The van der Waals surface area contributed by atoms with E-state index in [1.54, 1.807) is 11.1 Å². The molecule has 0 N–H and O–H groups in total. The van der Waals surface area contributed by atoms with Crippen LogP contribution in [-0.4, -0.2) is 22.8 Å². The minimum Gasteiger partial charge on any atom is -0.397 e. The van der Waals surface area contributed by atoms with Gasteiger partial charge in [-0.2, -0.15) is 0 Å². The maximum Gasteiger partial charge on any atom is 0.348 e. The van der Waals surface area contributed by atoms with Gasteiger partial charge in [0.1, 0.15) is 0 Å². The molecule has 0 spiro atoms. The van der Waals surface area contributed by atoms with E-state index in [0.717, 1.165) is 0 Å². The quantitative estimate of drug-likeness (QED) is 0.431. The normalized spacial score (nSPS) is 28.1. The van der Waals surface area contributed by atoms with Crippen molar-refractivity contribution in [2.45, 2.75) is 127 Å². The van der Waals surface area contributed by atoms with Gasteiger partial charge in [-0.1, -0.05) is 43.3 Å². The van der Waals surface area contributed by atoms with Crippen LogP contribution in [0.4, 0.5) is 0 Å². The zero-order valence-electron chi connectivity index (χ0n) is 19.2. The molecule has 1 atom stereocenters. The Morgan fingerprint density at radius 3 is 1.72 bits per heavy atom. The Balaban J connectivity index is 1.78. The molecule has 29 heavy (non-hydrogen) atoms. The first-order chi connectivity index (χ1) is 14.3. The molecule has 4 aliphatic rings. The van der Waals surface area contributed by atoms with Gasteiger partial charge in [0.2, 0.25) is 0 Å². The van der Waals surface area contributed by atoms with Gasteiger partial charge < -0.3 is 8.85 Å². The average molecular weight is 417 g/mol. The molecule has 0 saturated heterocycles. The van der Waals surface area contributed by atoms with Crippen LogP contribution in [0.2, 0.25) is 11.1 Å². The van der Waals surface area contributed by atoms with E-state index in [-0.39, 0.29) is 0 Å². The maximum absolute atomic E-state index is 6.58. The fraction of sp³-hybridized carbons (Fsp3) is 0.846. The molecule has 0 aliphatic heterocycles. The lowest BCUT2D eigenvalue weighted by Gasteiger charge is -2.47. The van der Waals surface area contributed by atoms with Crippen molar-refractivity contribution < 1.29 is 8.85 Å². The van der Waals surface area contributed by atoms with Crippen molar-refractivity contribution in [3.05, 3.63) is 22.3 Å². The van der Waals surface area contributed by atoms with Crippen molar-refractivity contribution in [1.82, 2.24) is 0 Å². The molecule has 4 fully saturated rings. The second kappa shape index (κ2) is 10.3. The molecule has 1 unspecified atom stereocenters. The van der Waals surface area contributed by atoms with Crippen LogP contribution in [0.3, 0.4) is 0 Å². The highest BCUT2D eigenvalue weighted by Gasteiger charge is 2.54. The van der Waals surface area contributed by atoms with Crippen molar-refractivity contribution in [1.29, 1.82) is 0 Å². The highest BCUT2D eigenvalue weighted by atomic mass is 28.4. The van der Waals surface area contributed by atoms with E-state index in [4.69, 9.17) is 8.85 Å². The van der Waals surface area contributed by atoms with Crippen molar-refractivity contribution >= 4 is 8.56 Å². The smallest absolute Gasteiger partial charge is 0.348 e. The maximum atomic E-state index is 6.58. The first-order valence-electron chi connectivity index (χ1n) is 12.8. The van der Waals surface area contributed by atoms with E-state index in [1.807, 2.05) is 25.4 Å². The van der Waals surface area contributed by atoms with Crippen molar-refractivity contribution in [2.24, 2.45) is 0 Å². The second-order valence-corrected chi connectivity index (χ2v) is 13.9. The highest BCUT2D eigenvalue weighted by molar-refractivity contribution is 6.71. The number of hydrogen-bond donors (Lipinski definition) is 0. The molecular weight excluding hydrogens is 372 g/mol. The second-order valence-electron chi connectivity index (χ2n) is 10.1. The first kappa shape index (κ1) is 21.8. The molecule has 4 rings (SSSR count). The molecule has 3 heteroatoms. The van der Waals surface area contributed by atoms with Crippen molar-refractivity contribution in [2.75, 3.05) is 14.2 Å². The van der Waals surface area contributed by atoms with E-state index in [0.29, 0.717) is 11.1 Å². The monoisotopic (exact) mass is 416 g/mol. The van der Waals surface area contributed by atoms with Gasteiger partial charge in [0.25, 0.3) is 0 Å². The van der Waals surface area contributed by atoms with E-state index < -0.39 is 8.56 Å². The highest BCUT2D eigenvalue weighted by Crippen LogP contribution is 2.55. The van der Waals surface area contributed by atoms with Gasteiger partial charge >= 0.3 is 8.56 Å². The average Bonchev–Trinajstić information content (AvgIpc) is 2.82. The Kier molecular flexibility index (Phi) is 7.74. The van der Waals surface area contributed by atoms with Gasteiger partial charge in [-0.3, -0.25) is 0 Å². The van der Waals surface area contributed by atoms with Crippen LogP contribution in [0.5, 0.6) is 0 Å². The van der Waals surface area contributed by atoms with E-state index in [9.17, 15) is 0 Å². The summed E-state index contributed by atoms with van der Waals surface area (Å²) in [7, 11) is 1.70. The fourth-order valence-electron chi connectivity index (χ4n) is 7.22. The lowest BCUT2D eigenvalue weighted by molar-refractivity contribution is 0.204. The Bertz CT molecular complexity index is 594. The summed E-state index contributed by atoms with van der Waals surface area (Å²) in [6.45, 7) is 0. The zero-order valence-corrected chi connectivity index (χ0v) is 20.2. The lowest BCUT2D eigenvalue weighted by atomic mass is 9.76. The Hall–Kier alpha value is -0.383. The van der Waals surface area contributed by atoms with Crippen LogP contribution in [0.25, 0.3) is 0 Å². The minimum atomic E-state index is -2.29. The van der Waals surface area contributed by atoms with Crippen molar-refractivity contribution in [3.8, 4) is 0 Å². The molecular formula is C26H44O2Si. The Morgan fingerprint density at radius 2 is 1.14 bits per heavy atom. The van der Waals surface area contributed by atoms with Crippen LogP contribution >= 0.6 is 0 Å². The summed E-state index contributed by atoms with van der Waals surface area (Å²) >= 11 is 0. The van der Waals surface area contributed by atoms with Gasteiger partial charge in [-0.25, -0.2) is 0 Å². The Morgan fingerprint density at radius 1 is 0.586 bits per heavy atom. The fourth-order valence-corrected chi connectivity index (χ4v) is 11.8. The number of allylic oxidation sites excluding steroid dienone is 4. The molecule has 0 heterocycles. The summed E-state index contributed by atoms with van der Waals surface area (Å²) in [6.07, 6.45) is 24.6. The van der Waals surface area contributed by atoms with E-state index >= 15 is 0 Å². The minimum absolute atomic E-state index is 0.576. The lowest BCUT2D eigenvalue weighted by Crippen LogP contribution is -2.52. The zero-order chi connectivity index (χ0) is 20.1. The topological polar surface area (TPSA) is 18.5 Å². The largest absolute Gasteiger partial charge is 0.397 e. The van der Waals surface area contributed by atoms with Gasteiger partial charge in [-0.05, 0) is 94.6 Å². The van der Waals surface area contributed by atoms with Crippen LogP contribution in [0.15, 0.2) is 22.3 Å². The molecule has 4 saturated carbocycles. The van der Waals surface area contributed by atoms with E-state index in [1.165, 1.54) is 116 Å². The molecule has 0 radical (unpaired) electrons. The summed E-state index contributed by atoms with van der Waals surface area (Å²) in [5, 5.41) is 0. The summed E-state index contributed by atoms with van der Waals surface area (Å²) in [5.74, 6) is 0. The summed E-state index contributed by atoms with van der Waals surface area (Å²) < 4.78 is 13.2. The SMILES string of the molecule is CO[Si](OC)(C1CCCCC1)C1CCCC(=C2CCCCC2)C1=C1CCCCC1. The predicted molar refractivity (Wildman–Crippen MR) is 124 cm³/mol. The summed E-state index contributed by atoms with van der Waals surface area (Å²) in [4.78, 5) is 0. The van der Waals surface area contributed by atoms with Gasteiger partial charge in [-0.15, -0.1) is 0 Å². The van der Waals surface area contributed by atoms with Crippen LogP contribution in [0.1, 0.15) is 116 Å². The third-order valence-corrected chi connectivity index (χ3v) is 13.2. The molecule has 164 valence electrons. The van der Waals surface area contributed by atoms with Gasteiger partial charge in [0.05, 0.1) is 0 Å². The van der Waals surface area contributed by atoms with E-state index in [2.05, 4.69) is 0 Å². The number of rotatable bonds is 4. The van der Waals surface area contributed by atoms with Crippen molar-refractivity contribution in [3.63, 3.8) is 0 Å². The molecule has 0 bridgehead atoms. The summed E-state index contributed by atoms with van der Waals surface area (Å²) in [6, 6.07) is 0.